The molecule has 0 spiro atoms. The van der Waals surface area contributed by atoms with Gasteiger partial charge in [0.25, 0.3) is 0 Å². The monoisotopic (exact) mass is 494 g/mol. The highest BCUT2D eigenvalue weighted by molar-refractivity contribution is 8.00. The molecule has 0 saturated heterocycles. The number of nitrogens with two attached hydrogens (primary N) is 1. The highest BCUT2D eigenvalue weighted by Crippen LogP contribution is 2.30. The van der Waals surface area contributed by atoms with Crippen molar-refractivity contribution in [2.75, 3.05) is 0 Å². The number of fused-ring (bicyclic) bond motifs is 1. The molecule has 3 aromatic carbocycles. The Morgan fingerprint density at radius 1 is 1.03 bits per heavy atom. The Kier molecular flexibility index (Phi) is 7.06. The summed E-state index contributed by atoms with van der Waals surface area (Å²) < 4.78 is 25.4. The normalized spacial score (nSPS) is 12.7. The van der Waals surface area contributed by atoms with Crippen molar-refractivity contribution >= 4 is 38.7 Å². The third-order valence-corrected chi connectivity index (χ3v) is 7.53. The largest absolute Gasteiger partial charge is 0.344 e. The van der Waals surface area contributed by atoms with Crippen LogP contribution in [-0.4, -0.2) is 29.1 Å². The number of rotatable bonds is 8. The van der Waals surface area contributed by atoms with Crippen molar-refractivity contribution in [3.63, 3.8) is 0 Å². The zero-order valence-corrected chi connectivity index (χ0v) is 20.5. The van der Waals surface area contributed by atoms with Crippen molar-refractivity contribution in [2.45, 2.75) is 41.7 Å². The van der Waals surface area contributed by atoms with E-state index in [2.05, 4.69) is 10.3 Å². The van der Waals surface area contributed by atoms with Gasteiger partial charge < -0.3 is 9.88 Å². The molecule has 1 atom stereocenters. The van der Waals surface area contributed by atoms with Gasteiger partial charge in [-0.1, -0.05) is 72.4 Å². The number of carbonyl (C=O) groups is 1. The van der Waals surface area contributed by atoms with Gasteiger partial charge in [-0.15, -0.1) is 0 Å². The van der Waals surface area contributed by atoms with Crippen molar-refractivity contribution in [1.82, 2.24) is 14.9 Å². The highest BCUT2D eigenvalue weighted by atomic mass is 32.2. The van der Waals surface area contributed by atoms with Crippen LogP contribution in [0, 0.1) is 0 Å². The van der Waals surface area contributed by atoms with Gasteiger partial charge in [-0.05, 0) is 43.2 Å². The first-order valence-corrected chi connectivity index (χ1v) is 13.3. The number of aromatic nitrogens is 2. The average Bonchev–Trinajstić information content (AvgIpc) is 3.19. The number of hydrogen-bond acceptors (Lipinski definition) is 5. The first-order chi connectivity index (χ1) is 16.3. The third-order valence-electron chi connectivity index (χ3n) is 5.53. The molecule has 0 aliphatic heterocycles. The molecule has 1 amide bonds. The minimum atomic E-state index is -3.83. The molecule has 7 nitrogen and oxygen atoms in total. The second-order valence-electron chi connectivity index (χ2n) is 7.86. The Bertz CT molecular complexity index is 1360. The summed E-state index contributed by atoms with van der Waals surface area (Å²) in [7, 11) is -3.83. The summed E-state index contributed by atoms with van der Waals surface area (Å²) in [6.07, 6.45) is 0. The van der Waals surface area contributed by atoms with Crippen molar-refractivity contribution in [1.29, 1.82) is 0 Å². The molecule has 34 heavy (non-hydrogen) atoms. The van der Waals surface area contributed by atoms with Gasteiger partial charge in [-0.3, -0.25) is 4.79 Å². The number of hydrogen-bond donors (Lipinski definition) is 2. The first kappa shape index (κ1) is 24.0. The van der Waals surface area contributed by atoms with Crippen molar-refractivity contribution in [3.8, 4) is 0 Å². The van der Waals surface area contributed by atoms with Gasteiger partial charge in [0.05, 0.1) is 27.2 Å². The fourth-order valence-corrected chi connectivity index (χ4v) is 5.31. The van der Waals surface area contributed by atoms with Gasteiger partial charge in [0.15, 0.2) is 5.16 Å². The first-order valence-electron chi connectivity index (χ1n) is 10.9. The maximum absolute atomic E-state index is 13.2. The van der Waals surface area contributed by atoms with Crippen LogP contribution in [0.1, 0.15) is 31.0 Å². The van der Waals surface area contributed by atoms with Crippen LogP contribution >= 0.6 is 11.8 Å². The number of thioether (sulfide) groups is 1. The van der Waals surface area contributed by atoms with Gasteiger partial charge in [0.1, 0.15) is 0 Å². The van der Waals surface area contributed by atoms with Gasteiger partial charge in [-0.25, -0.2) is 18.5 Å². The number of amides is 1. The lowest BCUT2D eigenvalue weighted by atomic mass is 9.98. The van der Waals surface area contributed by atoms with E-state index in [4.69, 9.17) is 5.14 Å². The lowest BCUT2D eigenvalue weighted by molar-refractivity contribution is -0.120. The van der Waals surface area contributed by atoms with Crippen LogP contribution in [0.5, 0.6) is 0 Å². The van der Waals surface area contributed by atoms with Crippen LogP contribution in [0.4, 0.5) is 0 Å². The van der Waals surface area contributed by atoms with E-state index in [0.717, 1.165) is 16.6 Å². The standard InChI is InChI=1S/C25H26N4O3S2/c1-3-29-22-15-14-20(34(26,31)32)16-21(22)27-25(29)33-17(2)24(30)28-23(18-10-6-4-7-11-18)19-12-8-5-9-13-19/h4-17,23H,3H2,1-2H3,(H,28,30)(H2,26,31,32)/t17-/m1/s1. The predicted molar refractivity (Wildman–Crippen MR) is 135 cm³/mol. The SMILES string of the molecule is CCn1c(S[C@H](C)C(=O)NC(c2ccccc2)c2ccccc2)nc2cc(S(N)(=O)=O)ccc21. The number of imidazole rings is 1. The van der Waals surface area contributed by atoms with E-state index in [1.54, 1.807) is 6.07 Å². The summed E-state index contributed by atoms with van der Waals surface area (Å²) in [5.41, 5.74) is 3.30. The van der Waals surface area contributed by atoms with Crippen molar-refractivity contribution in [3.05, 3.63) is 90.0 Å². The van der Waals surface area contributed by atoms with E-state index in [9.17, 15) is 13.2 Å². The number of benzene rings is 3. The molecule has 0 aliphatic carbocycles. The van der Waals surface area contributed by atoms with E-state index < -0.39 is 15.3 Å². The van der Waals surface area contributed by atoms with E-state index in [-0.39, 0.29) is 16.8 Å². The molecule has 0 saturated carbocycles. The van der Waals surface area contributed by atoms with Gasteiger partial charge >= 0.3 is 0 Å². The number of nitrogens with zero attached hydrogens (tertiary/aromatic N) is 2. The lowest BCUT2D eigenvalue weighted by Crippen LogP contribution is -2.35. The van der Waals surface area contributed by atoms with Crippen LogP contribution < -0.4 is 10.5 Å². The molecule has 1 heterocycles. The Morgan fingerprint density at radius 3 is 2.15 bits per heavy atom. The van der Waals surface area contributed by atoms with Crippen LogP contribution in [0.2, 0.25) is 0 Å². The molecule has 9 heteroatoms. The summed E-state index contributed by atoms with van der Waals surface area (Å²) >= 11 is 1.33. The summed E-state index contributed by atoms with van der Waals surface area (Å²) in [5.74, 6) is -0.123. The maximum atomic E-state index is 13.2. The van der Waals surface area contributed by atoms with Gasteiger partial charge in [0.2, 0.25) is 15.9 Å². The van der Waals surface area contributed by atoms with E-state index in [0.29, 0.717) is 17.2 Å². The smallest absolute Gasteiger partial charge is 0.238 e. The molecule has 0 fully saturated rings. The summed E-state index contributed by atoms with van der Waals surface area (Å²) in [5, 5.41) is 8.65. The lowest BCUT2D eigenvalue weighted by Gasteiger charge is -2.22. The van der Waals surface area contributed by atoms with Crippen LogP contribution in [0.15, 0.2) is 88.9 Å². The Labute approximate surface area is 203 Å². The molecule has 0 unspecified atom stereocenters. The maximum Gasteiger partial charge on any atom is 0.238 e. The summed E-state index contributed by atoms with van der Waals surface area (Å²) in [6, 6.07) is 24.0. The number of primary sulfonamides is 1. The topological polar surface area (TPSA) is 107 Å². The Hall–Kier alpha value is -3.14. The zero-order valence-electron chi connectivity index (χ0n) is 18.9. The molecule has 176 valence electrons. The van der Waals surface area contributed by atoms with E-state index >= 15 is 0 Å². The number of sulfonamides is 1. The number of aryl methyl sites for hydroxylation is 1. The van der Waals surface area contributed by atoms with Crippen LogP contribution in [-0.2, 0) is 21.4 Å². The number of carbonyl (C=O) groups excluding carboxylic acids is 1. The van der Waals surface area contributed by atoms with Gasteiger partial charge in [-0.2, -0.15) is 0 Å². The minimum absolute atomic E-state index is 0.0108. The van der Waals surface area contributed by atoms with E-state index in [1.165, 1.54) is 23.9 Å². The van der Waals surface area contributed by atoms with E-state index in [1.807, 2.05) is 79.1 Å². The fraction of sp³-hybridized carbons (Fsp3) is 0.200. The summed E-state index contributed by atoms with van der Waals surface area (Å²) in [4.78, 5) is 17.9. The second-order valence-corrected chi connectivity index (χ2v) is 10.7. The zero-order chi connectivity index (χ0) is 24.3. The van der Waals surface area contributed by atoms with Crippen LogP contribution in [0.3, 0.4) is 0 Å². The Morgan fingerprint density at radius 2 is 1.62 bits per heavy atom. The molecule has 0 radical (unpaired) electrons. The molecular weight excluding hydrogens is 468 g/mol. The molecule has 3 N–H and O–H groups in total. The Balaban J connectivity index is 1.59. The average molecular weight is 495 g/mol. The highest BCUT2D eigenvalue weighted by Gasteiger charge is 2.23. The quantitative estimate of drug-likeness (QED) is 0.359. The van der Waals surface area contributed by atoms with Crippen molar-refractivity contribution < 1.29 is 13.2 Å². The minimum Gasteiger partial charge on any atom is -0.344 e. The molecular formula is C25H26N4O3S2. The summed E-state index contributed by atoms with van der Waals surface area (Å²) in [6.45, 7) is 4.44. The second kappa shape index (κ2) is 10.0. The molecule has 4 rings (SSSR count). The van der Waals surface area contributed by atoms with Crippen LogP contribution in [0.25, 0.3) is 11.0 Å². The third kappa shape index (κ3) is 5.16. The number of nitrogens with one attached hydrogen (secondary N) is 1. The molecule has 4 aromatic rings. The molecule has 1 aromatic heterocycles. The van der Waals surface area contributed by atoms with Gasteiger partial charge in [0, 0.05) is 6.54 Å². The fourth-order valence-electron chi connectivity index (χ4n) is 3.78. The van der Waals surface area contributed by atoms with Crippen molar-refractivity contribution in [2.24, 2.45) is 5.14 Å². The predicted octanol–water partition coefficient (Wildman–Crippen LogP) is 4.09. The molecule has 0 bridgehead atoms. The molecule has 0 aliphatic rings.